The molecule has 1 fully saturated rings. The lowest BCUT2D eigenvalue weighted by Gasteiger charge is -2.35. The van der Waals surface area contributed by atoms with Crippen molar-refractivity contribution in [3.63, 3.8) is 0 Å². The number of nitrogens with zero attached hydrogens (tertiary/aromatic N) is 1. The van der Waals surface area contributed by atoms with Crippen LogP contribution in [-0.2, 0) is 4.79 Å². The number of piperazine rings is 1. The number of benzene rings is 1. The molecule has 0 spiro atoms. The predicted octanol–water partition coefficient (Wildman–Crippen LogP) is 1.67. The minimum Gasteiger partial charge on any atom is -0.484 e. The third-order valence-corrected chi connectivity index (χ3v) is 3.90. The number of rotatable bonds is 6. The van der Waals surface area contributed by atoms with Gasteiger partial charge in [0.2, 0.25) is 0 Å². The van der Waals surface area contributed by atoms with E-state index < -0.39 is 24.7 Å². The largest absolute Gasteiger partial charge is 0.484 e. The second kappa shape index (κ2) is 8.55. The lowest BCUT2D eigenvalue weighted by molar-refractivity contribution is -0.184. The summed E-state index contributed by atoms with van der Waals surface area (Å²) < 4.78 is 44.8. The van der Waals surface area contributed by atoms with E-state index in [1.807, 2.05) is 0 Å². The molecule has 9 heteroatoms. The van der Waals surface area contributed by atoms with Gasteiger partial charge in [-0.25, -0.2) is 0 Å². The lowest BCUT2D eigenvalue weighted by Crippen LogP contribution is -2.57. The maximum Gasteiger partial charge on any atom is 0.405 e. The van der Waals surface area contributed by atoms with E-state index in [-0.39, 0.29) is 6.61 Å². The molecule has 1 amide bonds. The Morgan fingerprint density at radius 3 is 2.50 bits per heavy atom. The van der Waals surface area contributed by atoms with Crippen LogP contribution in [0.15, 0.2) is 24.3 Å². The summed E-state index contributed by atoms with van der Waals surface area (Å²) in [5, 5.41) is 5.82. The van der Waals surface area contributed by atoms with Crippen molar-refractivity contribution in [2.75, 3.05) is 39.3 Å². The number of hydrogen-bond acceptors (Lipinski definition) is 4. The highest BCUT2D eigenvalue weighted by atomic mass is 35.5. The van der Waals surface area contributed by atoms with Gasteiger partial charge in [-0.2, -0.15) is 13.2 Å². The van der Waals surface area contributed by atoms with Crippen LogP contribution in [0.3, 0.4) is 0 Å². The molecule has 0 saturated carbocycles. The van der Waals surface area contributed by atoms with E-state index in [1.54, 1.807) is 24.3 Å². The molecule has 0 bridgehead atoms. The van der Waals surface area contributed by atoms with Crippen molar-refractivity contribution in [2.24, 2.45) is 0 Å². The standard InChI is InChI=1S/C15H19ClF3N3O2/c16-11-1-3-12(4-2-11)24-10-14(23)21-9-13(15(17,18)19)22-7-5-20-6-8-22/h1-4,13,20H,5-10H2,(H,21,23). The number of nitrogens with one attached hydrogen (secondary N) is 2. The molecule has 0 aliphatic carbocycles. The first kappa shape index (κ1) is 18.8. The van der Waals surface area contributed by atoms with Gasteiger partial charge in [0.05, 0.1) is 0 Å². The van der Waals surface area contributed by atoms with Crippen molar-refractivity contribution in [1.29, 1.82) is 0 Å². The topological polar surface area (TPSA) is 53.6 Å². The third kappa shape index (κ3) is 5.85. The van der Waals surface area contributed by atoms with Gasteiger partial charge in [-0.05, 0) is 24.3 Å². The zero-order chi connectivity index (χ0) is 17.6. The van der Waals surface area contributed by atoms with Crippen molar-refractivity contribution in [3.8, 4) is 5.75 Å². The minimum atomic E-state index is -4.40. The summed E-state index contributed by atoms with van der Waals surface area (Å²) in [6.07, 6.45) is -4.40. The molecule has 2 N–H and O–H groups in total. The Bertz CT molecular complexity index is 534. The molecule has 1 atom stereocenters. The molecule has 24 heavy (non-hydrogen) atoms. The Labute approximate surface area is 143 Å². The zero-order valence-corrected chi connectivity index (χ0v) is 13.7. The highest BCUT2D eigenvalue weighted by Crippen LogP contribution is 2.24. The number of alkyl halides is 3. The normalized spacial score (nSPS) is 17.3. The number of amides is 1. The second-order valence-corrected chi connectivity index (χ2v) is 5.83. The first-order valence-electron chi connectivity index (χ1n) is 7.53. The van der Waals surface area contributed by atoms with Crippen LogP contribution in [0.1, 0.15) is 0 Å². The minimum absolute atomic E-state index is 0.293. The monoisotopic (exact) mass is 365 g/mol. The first-order chi connectivity index (χ1) is 11.4. The molecule has 1 heterocycles. The maximum atomic E-state index is 13.2. The van der Waals surface area contributed by atoms with Crippen LogP contribution >= 0.6 is 11.6 Å². The summed E-state index contributed by atoms with van der Waals surface area (Å²) in [6, 6.07) is 4.65. The molecule has 1 aromatic rings. The van der Waals surface area contributed by atoms with Crippen LogP contribution in [-0.4, -0.2) is 62.4 Å². The van der Waals surface area contributed by atoms with Crippen molar-refractivity contribution >= 4 is 17.5 Å². The van der Waals surface area contributed by atoms with Crippen LogP contribution in [0, 0.1) is 0 Å². The summed E-state index contributed by atoms with van der Waals surface area (Å²) >= 11 is 5.72. The Morgan fingerprint density at radius 2 is 1.92 bits per heavy atom. The van der Waals surface area contributed by atoms with E-state index in [4.69, 9.17) is 16.3 Å². The third-order valence-electron chi connectivity index (χ3n) is 3.65. The Morgan fingerprint density at radius 1 is 1.29 bits per heavy atom. The van der Waals surface area contributed by atoms with E-state index in [1.165, 1.54) is 4.90 Å². The lowest BCUT2D eigenvalue weighted by atomic mass is 10.2. The van der Waals surface area contributed by atoms with E-state index in [0.29, 0.717) is 37.0 Å². The van der Waals surface area contributed by atoms with E-state index in [9.17, 15) is 18.0 Å². The van der Waals surface area contributed by atoms with Gasteiger partial charge in [0.1, 0.15) is 11.8 Å². The van der Waals surface area contributed by atoms with Crippen LogP contribution in [0.5, 0.6) is 5.75 Å². The van der Waals surface area contributed by atoms with E-state index >= 15 is 0 Å². The van der Waals surface area contributed by atoms with Crippen LogP contribution in [0.2, 0.25) is 5.02 Å². The Balaban J connectivity index is 1.81. The van der Waals surface area contributed by atoms with E-state index in [2.05, 4.69) is 10.6 Å². The van der Waals surface area contributed by atoms with Gasteiger partial charge in [-0.1, -0.05) is 11.6 Å². The predicted molar refractivity (Wildman–Crippen MR) is 84.2 cm³/mol. The SMILES string of the molecule is O=C(COc1ccc(Cl)cc1)NCC(N1CCNCC1)C(F)(F)F. The molecular weight excluding hydrogens is 347 g/mol. The van der Waals surface area contributed by atoms with Crippen LogP contribution in [0.4, 0.5) is 13.2 Å². The van der Waals surface area contributed by atoms with E-state index in [0.717, 1.165) is 0 Å². The van der Waals surface area contributed by atoms with Gasteiger partial charge >= 0.3 is 6.18 Å². The number of carbonyl (C=O) groups is 1. The van der Waals surface area contributed by atoms with Crippen LogP contribution in [0.25, 0.3) is 0 Å². The van der Waals surface area contributed by atoms with Crippen molar-refractivity contribution in [1.82, 2.24) is 15.5 Å². The fourth-order valence-corrected chi connectivity index (χ4v) is 2.51. The van der Waals surface area contributed by atoms with Gasteiger partial charge in [0.25, 0.3) is 5.91 Å². The summed E-state index contributed by atoms with van der Waals surface area (Å²) in [6.45, 7) is 0.739. The molecule has 1 saturated heterocycles. The summed E-state index contributed by atoms with van der Waals surface area (Å²) in [5.74, 6) is -0.182. The summed E-state index contributed by atoms with van der Waals surface area (Å²) in [5.41, 5.74) is 0. The molecule has 1 aromatic carbocycles. The number of halogens is 4. The Kier molecular flexibility index (Phi) is 6.70. The smallest absolute Gasteiger partial charge is 0.405 e. The van der Waals surface area contributed by atoms with Gasteiger partial charge in [-0.15, -0.1) is 0 Å². The number of hydrogen-bond donors (Lipinski definition) is 2. The quantitative estimate of drug-likeness (QED) is 0.805. The highest BCUT2D eigenvalue weighted by Gasteiger charge is 2.43. The average molecular weight is 366 g/mol. The van der Waals surface area contributed by atoms with Crippen molar-refractivity contribution in [3.05, 3.63) is 29.3 Å². The first-order valence-corrected chi connectivity index (χ1v) is 7.90. The molecule has 2 rings (SSSR count). The zero-order valence-electron chi connectivity index (χ0n) is 12.9. The van der Waals surface area contributed by atoms with Gasteiger partial charge < -0.3 is 15.4 Å². The molecule has 1 aliphatic heterocycles. The van der Waals surface area contributed by atoms with Gasteiger partial charge in [0.15, 0.2) is 6.61 Å². The van der Waals surface area contributed by atoms with Crippen molar-refractivity contribution < 1.29 is 22.7 Å². The van der Waals surface area contributed by atoms with Gasteiger partial charge in [-0.3, -0.25) is 9.69 Å². The molecule has 1 unspecified atom stereocenters. The fourth-order valence-electron chi connectivity index (χ4n) is 2.39. The molecule has 134 valence electrons. The molecule has 0 aromatic heterocycles. The van der Waals surface area contributed by atoms with Crippen molar-refractivity contribution in [2.45, 2.75) is 12.2 Å². The summed E-state index contributed by atoms with van der Waals surface area (Å²) in [7, 11) is 0. The van der Waals surface area contributed by atoms with Crippen LogP contribution < -0.4 is 15.4 Å². The number of ether oxygens (including phenoxy) is 1. The average Bonchev–Trinajstić information content (AvgIpc) is 2.54. The highest BCUT2D eigenvalue weighted by molar-refractivity contribution is 6.30. The molecule has 0 radical (unpaired) electrons. The number of carbonyl (C=O) groups excluding carboxylic acids is 1. The summed E-state index contributed by atoms with van der Waals surface area (Å²) in [4.78, 5) is 13.1. The molecule has 1 aliphatic rings. The second-order valence-electron chi connectivity index (χ2n) is 5.39. The molecular formula is C15H19ClF3N3O2. The Hall–Kier alpha value is -1.51. The fraction of sp³-hybridized carbons (Fsp3) is 0.533. The molecule has 5 nitrogen and oxygen atoms in total. The maximum absolute atomic E-state index is 13.2. The van der Waals surface area contributed by atoms with Gasteiger partial charge in [0, 0.05) is 37.7 Å².